The number of hydrogen-bond acceptors (Lipinski definition) is 4. The largest absolute Gasteiger partial charge is 0.481 e. The Hall–Kier alpha value is -1.91. The quantitative estimate of drug-likeness (QED) is 0.748. The van der Waals surface area contributed by atoms with E-state index in [-0.39, 0.29) is 6.04 Å². The second kappa shape index (κ2) is 4.30. The van der Waals surface area contributed by atoms with Gasteiger partial charge in [0.15, 0.2) is 0 Å². The maximum atomic E-state index is 10.7. The average Bonchev–Trinajstić information content (AvgIpc) is 2.66. The van der Waals surface area contributed by atoms with Crippen LogP contribution in [0.3, 0.4) is 0 Å². The van der Waals surface area contributed by atoms with Gasteiger partial charge in [-0.1, -0.05) is 12.2 Å². The lowest BCUT2D eigenvalue weighted by atomic mass is 10.1. The third-order valence-electron chi connectivity index (χ3n) is 2.51. The predicted molar refractivity (Wildman–Crippen MR) is 59.1 cm³/mol. The Kier molecular flexibility index (Phi) is 2.85. The molecule has 2 rings (SSSR count). The number of nitrogens with one attached hydrogen (secondary N) is 1. The van der Waals surface area contributed by atoms with E-state index in [1.165, 1.54) is 0 Å². The van der Waals surface area contributed by atoms with Gasteiger partial charge < -0.3 is 10.4 Å². The van der Waals surface area contributed by atoms with E-state index in [0.29, 0.717) is 12.4 Å². The summed E-state index contributed by atoms with van der Waals surface area (Å²) in [4.78, 5) is 19.0. The molecule has 1 aromatic rings. The minimum absolute atomic E-state index is 0.00269. The number of nitrogens with zero attached hydrogens (tertiary/aromatic N) is 2. The van der Waals surface area contributed by atoms with Crippen LogP contribution in [0.5, 0.6) is 0 Å². The number of aryl methyl sites for hydroxylation is 1. The molecule has 0 radical (unpaired) electrons. The van der Waals surface area contributed by atoms with Gasteiger partial charge in [0.25, 0.3) is 0 Å². The van der Waals surface area contributed by atoms with E-state index in [2.05, 4.69) is 15.3 Å². The summed E-state index contributed by atoms with van der Waals surface area (Å²) < 4.78 is 0. The minimum Gasteiger partial charge on any atom is -0.481 e. The molecule has 0 bridgehead atoms. The molecule has 0 aliphatic heterocycles. The Morgan fingerprint density at radius 2 is 2.38 bits per heavy atom. The molecule has 1 aliphatic carbocycles. The smallest absolute Gasteiger partial charge is 0.310 e. The molecular weight excluding hydrogens is 206 g/mol. The minimum atomic E-state index is -0.786. The van der Waals surface area contributed by atoms with E-state index in [0.717, 1.165) is 5.69 Å². The first-order valence-corrected chi connectivity index (χ1v) is 5.12. The molecule has 0 fully saturated rings. The van der Waals surface area contributed by atoms with Crippen molar-refractivity contribution in [3.8, 4) is 0 Å². The van der Waals surface area contributed by atoms with Gasteiger partial charge in [-0.05, 0) is 19.4 Å². The zero-order valence-electron chi connectivity index (χ0n) is 8.92. The Bertz CT molecular complexity index is 431. The van der Waals surface area contributed by atoms with Crippen molar-refractivity contribution in [1.82, 2.24) is 9.97 Å². The van der Waals surface area contributed by atoms with Crippen molar-refractivity contribution < 1.29 is 9.90 Å². The highest BCUT2D eigenvalue weighted by Gasteiger charge is 2.24. The van der Waals surface area contributed by atoms with Crippen LogP contribution < -0.4 is 5.32 Å². The van der Waals surface area contributed by atoms with Gasteiger partial charge in [-0.15, -0.1) is 0 Å². The number of aliphatic carboxylic acids is 1. The van der Waals surface area contributed by atoms with Gasteiger partial charge in [-0.3, -0.25) is 4.79 Å². The van der Waals surface area contributed by atoms with Crippen LogP contribution in [-0.2, 0) is 4.79 Å². The molecule has 2 N–H and O–H groups in total. The van der Waals surface area contributed by atoms with Gasteiger partial charge in [-0.2, -0.15) is 0 Å². The molecule has 2 unspecified atom stereocenters. The van der Waals surface area contributed by atoms with Crippen LogP contribution in [-0.4, -0.2) is 27.1 Å². The summed E-state index contributed by atoms with van der Waals surface area (Å²) >= 11 is 0. The molecule has 1 aliphatic rings. The van der Waals surface area contributed by atoms with Crippen molar-refractivity contribution in [2.24, 2.45) is 5.92 Å². The number of aromatic nitrogens is 2. The fourth-order valence-electron chi connectivity index (χ4n) is 1.67. The summed E-state index contributed by atoms with van der Waals surface area (Å²) in [7, 11) is 0. The maximum absolute atomic E-state index is 10.7. The second-order valence-electron chi connectivity index (χ2n) is 3.84. The van der Waals surface area contributed by atoms with Crippen molar-refractivity contribution in [3.05, 3.63) is 30.1 Å². The van der Waals surface area contributed by atoms with Gasteiger partial charge in [0.2, 0.25) is 5.95 Å². The zero-order valence-corrected chi connectivity index (χ0v) is 8.92. The van der Waals surface area contributed by atoms with Crippen molar-refractivity contribution in [2.75, 3.05) is 5.32 Å². The lowest BCUT2D eigenvalue weighted by Gasteiger charge is -2.11. The number of carboxylic acids is 1. The third kappa shape index (κ3) is 2.36. The standard InChI is InChI=1S/C11H13N3O2/c1-7-4-5-12-11(13-7)14-9-3-2-8(6-9)10(15)16/h2-5,8-9H,6H2,1H3,(H,15,16)(H,12,13,14). The molecule has 84 valence electrons. The predicted octanol–water partition coefficient (Wildman–Crippen LogP) is 1.23. The Morgan fingerprint density at radius 1 is 1.56 bits per heavy atom. The van der Waals surface area contributed by atoms with Gasteiger partial charge >= 0.3 is 5.97 Å². The average molecular weight is 219 g/mol. The fraction of sp³-hybridized carbons (Fsp3) is 0.364. The SMILES string of the molecule is Cc1ccnc(NC2C=CC(C(=O)O)C2)n1. The van der Waals surface area contributed by atoms with Crippen molar-refractivity contribution in [3.63, 3.8) is 0 Å². The molecule has 2 atom stereocenters. The molecule has 1 aromatic heterocycles. The molecule has 0 saturated heterocycles. The van der Waals surface area contributed by atoms with Crippen LogP contribution >= 0.6 is 0 Å². The zero-order chi connectivity index (χ0) is 11.5. The second-order valence-corrected chi connectivity index (χ2v) is 3.84. The van der Waals surface area contributed by atoms with Crippen molar-refractivity contribution in [2.45, 2.75) is 19.4 Å². The van der Waals surface area contributed by atoms with Crippen LogP contribution in [0.4, 0.5) is 5.95 Å². The Morgan fingerprint density at radius 3 is 3.00 bits per heavy atom. The molecule has 16 heavy (non-hydrogen) atoms. The van der Waals surface area contributed by atoms with E-state index in [9.17, 15) is 4.79 Å². The molecule has 0 amide bonds. The van der Waals surface area contributed by atoms with E-state index < -0.39 is 11.9 Å². The topological polar surface area (TPSA) is 75.1 Å². The third-order valence-corrected chi connectivity index (χ3v) is 2.51. The molecular formula is C11H13N3O2. The number of hydrogen-bond donors (Lipinski definition) is 2. The fourth-order valence-corrected chi connectivity index (χ4v) is 1.67. The van der Waals surface area contributed by atoms with E-state index in [4.69, 9.17) is 5.11 Å². The van der Waals surface area contributed by atoms with Crippen LogP contribution in [0.1, 0.15) is 12.1 Å². The number of rotatable bonds is 3. The van der Waals surface area contributed by atoms with Gasteiger partial charge in [0.05, 0.1) is 5.92 Å². The molecule has 0 aromatic carbocycles. The highest BCUT2D eigenvalue weighted by atomic mass is 16.4. The highest BCUT2D eigenvalue weighted by molar-refractivity contribution is 5.73. The summed E-state index contributed by atoms with van der Waals surface area (Å²) in [5.41, 5.74) is 0.884. The lowest BCUT2D eigenvalue weighted by Crippen LogP contribution is -2.20. The monoisotopic (exact) mass is 219 g/mol. The molecule has 5 heteroatoms. The van der Waals surface area contributed by atoms with Gasteiger partial charge in [0, 0.05) is 17.9 Å². The van der Waals surface area contributed by atoms with Gasteiger partial charge in [-0.25, -0.2) is 9.97 Å². The summed E-state index contributed by atoms with van der Waals surface area (Å²) in [6, 6.07) is 1.82. The Balaban J connectivity index is 1.98. The maximum Gasteiger partial charge on any atom is 0.310 e. The van der Waals surface area contributed by atoms with Crippen LogP contribution in [0.2, 0.25) is 0 Å². The summed E-state index contributed by atoms with van der Waals surface area (Å²) in [6.07, 6.45) is 5.78. The van der Waals surface area contributed by atoms with Crippen molar-refractivity contribution in [1.29, 1.82) is 0 Å². The van der Waals surface area contributed by atoms with Gasteiger partial charge in [0.1, 0.15) is 0 Å². The first kappa shape index (κ1) is 10.6. The molecule has 0 saturated carbocycles. The molecule has 5 nitrogen and oxygen atoms in total. The van der Waals surface area contributed by atoms with E-state index >= 15 is 0 Å². The summed E-state index contributed by atoms with van der Waals surface area (Å²) in [6.45, 7) is 1.89. The van der Waals surface area contributed by atoms with Crippen LogP contribution in [0, 0.1) is 12.8 Å². The Labute approximate surface area is 93.2 Å². The van der Waals surface area contributed by atoms with Crippen LogP contribution in [0.15, 0.2) is 24.4 Å². The normalized spacial score (nSPS) is 23.3. The number of carbonyl (C=O) groups is 1. The number of anilines is 1. The summed E-state index contributed by atoms with van der Waals surface area (Å²) in [5.74, 6) is -0.645. The highest BCUT2D eigenvalue weighted by Crippen LogP contribution is 2.20. The first-order valence-electron chi connectivity index (χ1n) is 5.12. The van der Waals surface area contributed by atoms with Crippen LogP contribution in [0.25, 0.3) is 0 Å². The molecule has 0 spiro atoms. The van der Waals surface area contributed by atoms with E-state index in [1.807, 2.05) is 19.1 Å². The number of carboxylic acid groups (broad SMARTS) is 1. The van der Waals surface area contributed by atoms with E-state index in [1.54, 1.807) is 12.3 Å². The molecule has 1 heterocycles. The lowest BCUT2D eigenvalue weighted by molar-refractivity contribution is -0.140. The summed E-state index contributed by atoms with van der Waals surface area (Å²) in [5, 5.41) is 11.9. The first-order chi connectivity index (χ1) is 7.65. The van der Waals surface area contributed by atoms with Crippen molar-refractivity contribution >= 4 is 11.9 Å².